The van der Waals surface area contributed by atoms with Crippen LogP contribution >= 0.6 is 0 Å². The van der Waals surface area contributed by atoms with Crippen molar-refractivity contribution in [1.82, 2.24) is 6.15 Å². The van der Waals surface area contributed by atoms with Crippen molar-refractivity contribution >= 4 is 8.41 Å². The quantitative estimate of drug-likeness (QED) is 0.353. The summed E-state index contributed by atoms with van der Waals surface area (Å²) in [5, 5.41) is 17.3. The summed E-state index contributed by atoms with van der Waals surface area (Å²) in [5.41, 5.74) is 0. The Morgan fingerprint density at radius 2 is 1.20 bits per heavy atom. The molecule has 3 nitrogen and oxygen atoms in total. The summed E-state index contributed by atoms with van der Waals surface area (Å²) in [6.45, 7) is 0. The minimum absolute atomic E-state index is 0. The molecular weight excluding hydrogens is 129 g/mol. The Morgan fingerprint density at radius 3 is 1.40 bits per heavy atom. The second kappa shape index (κ2) is 4.70. The van der Waals surface area contributed by atoms with E-state index in [9.17, 15) is 0 Å². The van der Waals surface area contributed by atoms with E-state index in [4.69, 9.17) is 10.2 Å². The van der Waals surface area contributed by atoms with Gasteiger partial charge in [-0.05, 0) is 12.1 Å². The van der Waals surface area contributed by atoms with Gasteiger partial charge in [0, 0.05) is 0 Å². The van der Waals surface area contributed by atoms with Crippen molar-refractivity contribution in [3.63, 3.8) is 0 Å². The minimum atomic E-state index is -0.0764. The summed E-state index contributed by atoms with van der Waals surface area (Å²) in [6.07, 6.45) is 0. The van der Waals surface area contributed by atoms with Crippen molar-refractivity contribution in [2.45, 2.75) is 0 Å². The number of hydrogen-bond donors (Lipinski definition) is 3. The first-order valence-electron chi connectivity index (χ1n) is 2.27. The van der Waals surface area contributed by atoms with Gasteiger partial charge >= 0.3 is 0 Å². The predicted octanol–water partition coefficient (Wildman–Crippen LogP) is 0.0759. The number of para-hydroxylation sites is 2. The molecule has 0 saturated heterocycles. The molecule has 0 saturated carbocycles. The molecule has 0 spiro atoms. The lowest BCUT2D eigenvalue weighted by Gasteiger charge is -1.91. The zero-order valence-electron chi connectivity index (χ0n) is 4.91. The first-order chi connectivity index (χ1) is 3.80. The van der Waals surface area contributed by atoms with Gasteiger partial charge in [-0.1, -0.05) is 12.1 Å². The predicted molar refractivity (Wildman–Crippen MR) is 44.7 cm³/mol. The van der Waals surface area contributed by atoms with Crippen LogP contribution in [0.15, 0.2) is 24.3 Å². The number of aromatic hydroxyl groups is 2. The van der Waals surface area contributed by atoms with E-state index in [0.29, 0.717) is 0 Å². The van der Waals surface area contributed by atoms with Gasteiger partial charge in [0.05, 0.1) is 8.41 Å². The monoisotopic (exact) mass is 141 g/mol. The van der Waals surface area contributed by atoms with Gasteiger partial charge in [-0.3, -0.25) is 0 Å². The normalized spacial score (nSPS) is 7.20. The maximum atomic E-state index is 8.67. The second-order valence-electron chi connectivity index (χ2n) is 1.49. The maximum Gasteiger partial charge on any atom is 0.157 e. The number of hydrogen-bond acceptors (Lipinski definition) is 3. The molecule has 1 aromatic rings. The van der Waals surface area contributed by atoms with E-state index in [-0.39, 0.29) is 26.1 Å². The van der Waals surface area contributed by atoms with E-state index in [1.165, 1.54) is 12.1 Å². The van der Waals surface area contributed by atoms with Gasteiger partial charge in [-0.2, -0.15) is 0 Å². The maximum absolute atomic E-state index is 8.67. The molecule has 0 fully saturated rings. The van der Waals surface area contributed by atoms with Crippen molar-refractivity contribution in [3.8, 4) is 11.5 Å². The molecule has 0 aliphatic rings. The summed E-state index contributed by atoms with van der Waals surface area (Å²) < 4.78 is 0. The molecule has 0 atom stereocenters. The van der Waals surface area contributed by atoms with Crippen LogP contribution in [-0.4, -0.2) is 18.6 Å². The van der Waals surface area contributed by atoms with Gasteiger partial charge < -0.3 is 16.4 Å². The van der Waals surface area contributed by atoms with E-state index in [1.54, 1.807) is 12.1 Å². The molecule has 0 heterocycles. The highest BCUT2D eigenvalue weighted by atomic mass is 16.3. The Balaban J connectivity index is 0. The van der Waals surface area contributed by atoms with E-state index in [1.807, 2.05) is 0 Å². The fourth-order valence-electron chi connectivity index (χ4n) is 0.464. The summed E-state index contributed by atoms with van der Waals surface area (Å²) in [7, 11) is 0. The van der Waals surface area contributed by atoms with Crippen molar-refractivity contribution in [1.29, 1.82) is 0 Å². The van der Waals surface area contributed by atoms with Crippen LogP contribution in [0.5, 0.6) is 11.5 Å². The zero-order chi connectivity index (χ0) is 5.98. The SMILES string of the molecule is B.N.Oc1ccccc1O. The Kier molecular flexibility index (Phi) is 5.46. The molecule has 0 aliphatic carbocycles. The lowest BCUT2D eigenvalue weighted by Crippen LogP contribution is -1.63. The van der Waals surface area contributed by atoms with Crippen LogP contribution in [0, 0.1) is 0 Å². The number of phenols is 2. The number of phenolic OH excluding ortho intramolecular Hbond substituents is 2. The number of benzene rings is 1. The third-order valence-electron chi connectivity index (χ3n) is 0.882. The molecular formula is C6H12BNO2. The van der Waals surface area contributed by atoms with Crippen LogP contribution in [0.4, 0.5) is 0 Å². The Labute approximate surface area is 61.5 Å². The topological polar surface area (TPSA) is 75.5 Å². The van der Waals surface area contributed by atoms with Gasteiger partial charge in [0.1, 0.15) is 0 Å². The standard InChI is InChI=1S/C6H6O2.BH3.H3N/c7-5-3-1-2-4-6(5)8;;/h1-4,7-8H;2*1H3. The molecule has 4 heteroatoms. The molecule has 1 rings (SSSR count). The fraction of sp³-hybridized carbons (Fsp3) is 0. The second-order valence-corrected chi connectivity index (χ2v) is 1.49. The Bertz CT molecular complexity index is 172. The Hall–Kier alpha value is -1.16. The molecule has 0 bridgehead atoms. The van der Waals surface area contributed by atoms with Crippen LogP contribution in [-0.2, 0) is 0 Å². The molecule has 0 radical (unpaired) electrons. The van der Waals surface area contributed by atoms with Crippen molar-refractivity contribution < 1.29 is 10.2 Å². The molecule has 1 aromatic carbocycles. The molecule has 10 heavy (non-hydrogen) atoms. The van der Waals surface area contributed by atoms with E-state index in [2.05, 4.69) is 0 Å². The first-order valence-corrected chi connectivity index (χ1v) is 2.27. The van der Waals surface area contributed by atoms with Crippen molar-refractivity contribution in [3.05, 3.63) is 24.3 Å². The van der Waals surface area contributed by atoms with Gasteiger partial charge in [0.15, 0.2) is 11.5 Å². The summed E-state index contributed by atoms with van der Waals surface area (Å²) >= 11 is 0. The third kappa shape index (κ3) is 2.41. The van der Waals surface area contributed by atoms with Crippen LogP contribution in [0.3, 0.4) is 0 Å². The Morgan fingerprint density at radius 1 is 0.900 bits per heavy atom. The highest BCUT2D eigenvalue weighted by Gasteiger charge is 1.90. The van der Waals surface area contributed by atoms with Crippen LogP contribution < -0.4 is 6.15 Å². The first kappa shape index (κ1) is 11.6. The van der Waals surface area contributed by atoms with Crippen LogP contribution in [0.1, 0.15) is 0 Å². The highest BCUT2D eigenvalue weighted by molar-refractivity contribution is 5.75. The molecule has 0 amide bonds. The molecule has 0 aromatic heterocycles. The van der Waals surface area contributed by atoms with Gasteiger partial charge in [0.2, 0.25) is 0 Å². The largest absolute Gasteiger partial charge is 0.504 e. The molecule has 0 unspecified atom stereocenters. The van der Waals surface area contributed by atoms with Gasteiger partial charge in [0.25, 0.3) is 0 Å². The summed E-state index contributed by atoms with van der Waals surface area (Å²) in [4.78, 5) is 0. The van der Waals surface area contributed by atoms with Crippen LogP contribution in [0.2, 0.25) is 0 Å². The third-order valence-corrected chi connectivity index (χ3v) is 0.882. The van der Waals surface area contributed by atoms with Crippen molar-refractivity contribution in [2.75, 3.05) is 0 Å². The molecule has 56 valence electrons. The van der Waals surface area contributed by atoms with E-state index in [0.717, 1.165) is 0 Å². The average Bonchev–Trinajstić information content (AvgIpc) is 1.77. The minimum Gasteiger partial charge on any atom is -0.504 e. The van der Waals surface area contributed by atoms with E-state index >= 15 is 0 Å². The molecule has 0 aliphatic heterocycles. The fourth-order valence-corrected chi connectivity index (χ4v) is 0.464. The van der Waals surface area contributed by atoms with Gasteiger partial charge in [-0.25, -0.2) is 0 Å². The highest BCUT2D eigenvalue weighted by Crippen LogP contribution is 2.21. The average molecular weight is 141 g/mol. The smallest absolute Gasteiger partial charge is 0.157 e. The van der Waals surface area contributed by atoms with Crippen molar-refractivity contribution in [2.24, 2.45) is 0 Å². The van der Waals surface area contributed by atoms with Crippen LogP contribution in [0.25, 0.3) is 0 Å². The van der Waals surface area contributed by atoms with Gasteiger partial charge in [-0.15, -0.1) is 0 Å². The summed E-state index contributed by atoms with van der Waals surface area (Å²) in [5.74, 6) is -0.153. The lowest BCUT2D eigenvalue weighted by molar-refractivity contribution is 0.404. The lowest BCUT2D eigenvalue weighted by atomic mass is 10.3. The zero-order valence-corrected chi connectivity index (χ0v) is 4.91. The molecule has 5 N–H and O–H groups in total. The van der Waals surface area contributed by atoms with E-state index < -0.39 is 0 Å². The summed E-state index contributed by atoms with van der Waals surface area (Å²) in [6, 6.07) is 6.15. The number of rotatable bonds is 0.